The minimum Gasteiger partial charge on any atom is -0.496 e. The zero-order valence-corrected chi connectivity index (χ0v) is 13.0. The van der Waals surface area contributed by atoms with Crippen molar-refractivity contribution in [1.29, 1.82) is 0 Å². The first-order chi connectivity index (χ1) is 11.3. The monoisotopic (exact) mass is 306 g/mol. The van der Waals surface area contributed by atoms with Gasteiger partial charge in [-0.15, -0.1) is 0 Å². The first-order valence-electron chi connectivity index (χ1n) is 7.52. The number of carbonyl (C=O) groups is 1. The highest BCUT2D eigenvalue weighted by Gasteiger charge is 2.12. The van der Waals surface area contributed by atoms with Crippen LogP contribution >= 0.6 is 0 Å². The van der Waals surface area contributed by atoms with Crippen LogP contribution in [0, 0.1) is 0 Å². The number of rotatable bonds is 6. The van der Waals surface area contributed by atoms with Crippen molar-refractivity contribution in [2.24, 2.45) is 0 Å². The van der Waals surface area contributed by atoms with Crippen molar-refractivity contribution >= 4 is 17.1 Å². The van der Waals surface area contributed by atoms with Gasteiger partial charge in [-0.05, 0) is 11.6 Å². The van der Waals surface area contributed by atoms with E-state index in [-0.39, 0.29) is 0 Å². The summed E-state index contributed by atoms with van der Waals surface area (Å²) in [4.78, 5) is 11.0. The third-order valence-electron chi connectivity index (χ3n) is 3.80. The van der Waals surface area contributed by atoms with Gasteiger partial charge in [-0.2, -0.15) is 0 Å². The molecule has 0 aliphatic rings. The molecule has 0 bridgehead atoms. The molecule has 0 radical (unpaired) electrons. The average Bonchev–Trinajstić information content (AvgIpc) is 2.61. The molecule has 0 fully saturated rings. The van der Waals surface area contributed by atoms with E-state index >= 15 is 0 Å². The van der Waals surface area contributed by atoms with Crippen molar-refractivity contribution in [2.75, 3.05) is 7.11 Å². The minimum absolute atomic E-state index is 0.331. The van der Waals surface area contributed by atoms with Crippen LogP contribution in [0.25, 0.3) is 10.8 Å². The summed E-state index contributed by atoms with van der Waals surface area (Å²) in [5, 5.41) is 1.94. The van der Waals surface area contributed by atoms with E-state index in [9.17, 15) is 4.79 Å². The summed E-state index contributed by atoms with van der Waals surface area (Å²) < 4.78 is 11.5. The standard InChI is InChI=1S/C20H18O3/c1-22-19-9-5-8-18-17(19)11-10-16(12-13-21)20(18)23-14-15-6-3-2-4-7-15/h2-11,13H,12,14H2,1H3. The smallest absolute Gasteiger partial charge is 0.131 e. The number of ether oxygens (including phenoxy) is 2. The molecule has 0 heterocycles. The molecular weight excluding hydrogens is 288 g/mol. The average molecular weight is 306 g/mol. The molecule has 0 N–H and O–H groups in total. The summed E-state index contributed by atoms with van der Waals surface area (Å²) in [5.41, 5.74) is 1.97. The Kier molecular flexibility index (Phi) is 4.57. The molecule has 0 amide bonds. The largest absolute Gasteiger partial charge is 0.496 e. The third-order valence-corrected chi connectivity index (χ3v) is 3.80. The van der Waals surface area contributed by atoms with Gasteiger partial charge < -0.3 is 14.3 Å². The fraction of sp³-hybridized carbons (Fsp3) is 0.150. The second kappa shape index (κ2) is 6.97. The molecule has 0 saturated carbocycles. The summed E-state index contributed by atoms with van der Waals surface area (Å²) in [7, 11) is 1.65. The van der Waals surface area contributed by atoms with Crippen molar-refractivity contribution in [3.63, 3.8) is 0 Å². The van der Waals surface area contributed by atoms with Crippen molar-refractivity contribution in [3.8, 4) is 11.5 Å². The van der Waals surface area contributed by atoms with Crippen LogP contribution in [0.3, 0.4) is 0 Å². The van der Waals surface area contributed by atoms with Crippen LogP contribution < -0.4 is 9.47 Å². The summed E-state index contributed by atoms with van der Waals surface area (Å²) in [6.07, 6.45) is 1.23. The lowest BCUT2D eigenvalue weighted by atomic mass is 10.0. The highest BCUT2D eigenvalue weighted by atomic mass is 16.5. The van der Waals surface area contributed by atoms with Crippen molar-refractivity contribution in [3.05, 3.63) is 71.8 Å². The SMILES string of the molecule is COc1cccc2c(OCc3ccccc3)c(CC=O)ccc12. The number of hydrogen-bond acceptors (Lipinski definition) is 3. The molecule has 23 heavy (non-hydrogen) atoms. The van der Waals surface area contributed by atoms with E-state index in [1.807, 2.05) is 60.7 Å². The van der Waals surface area contributed by atoms with E-state index in [4.69, 9.17) is 9.47 Å². The Hall–Kier alpha value is -2.81. The van der Waals surface area contributed by atoms with Crippen LogP contribution in [-0.2, 0) is 17.8 Å². The highest BCUT2D eigenvalue weighted by Crippen LogP contribution is 2.35. The van der Waals surface area contributed by atoms with Crippen molar-refractivity contribution < 1.29 is 14.3 Å². The van der Waals surface area contributed by atoms with Gasteiger partial charge in [0.2, 0.25) is 0 Å². The Balaban J connectivity index is 2.04. The Labute approximate surface area is 135 Å². The molecule has 0 aromatic heterocycles. The molecule has 3 rings (SSSR count). The van der Waals surface area contributed by atoms with Gasteiger partial charge in [0.05, 0.1) is 7.11 Å². The van der Waals surface area contributed by atoms with Gasteiger partial charge >= 0.3 is 0 Å². The van der Waals surface area contributed by atoms with Gasteiger partial charge in [-0.25, -0.2) is 0 Å². The molecule has 0 unspecified atom stereocenters. The molecule has 0 aliphatic heterocycles. The first kappa shape index (κ1) is 15.1. The molecule has 3 aromatic rings. The maximum Gasteiger partial charge on any atom is 0.131 e. The molecular formula is C20H18O3. The summed E-state index contributed by atoms with van der Waals surface area (Å²) in [6, 6.07) is 19.7. The number of aldehydes is 1. The van der Waals surface area contributed by atoms with E-state index in [2.05, 4.69) is 0 Å². The maximum absolute atomic E-state index is 11.0. The van der Waals surface area contributed by atoms with Gasteiger partial charge in [-0.1, -0.05) is 54.6 Å². The van der Waals surface area contributed by atoms with E-state index in [1.54, 1.807) is 7.11 Å². The molecule has 3 heteroatoms. The van der Waals surface area contributed by atoms with Crippen LogP contribution in [-0.4, -0.2) is 13.4 Å². The zero-order chi connectivity index (χ0) is 16.1. The number of benzene rings is 3. The fourth-order valence-electron chi connectivity index (χ4n) is 2.68. The molecule has 0 atom stereocenters. The highest BCUT2D eigenvalue weighted by molar-refractivity contribution is 5.94. The third kappa shape index (κ3) is 3.19. The topological polar surface area (TPSA) is 35.5 Å². The molecule has 0 spiro atoms. The van der Waals surface area contributed by atoms with Crippen LogP contribution in [0.5, 0.6) is 11.5 Å². The Morgan fingerprint density at radius 3 is 2.48 bits per heavy atom. The van der Waals surface area contributed by atoms with E-state index in [0.29, 0.717) is 13.0 Å². The number of fused-ring (bicyclic) bond motifs is 1. The summed E-state index contributed by atoms with van der Waals surface area (Å²) in [5.74, 6) is 1.54. The van der Waals surface area contributed by atoms with Gasteiger partial charge in [0.1, 0.15) is 24.4 Å². The van der Waals surface area contributed by atoms with Crippen LogP contribution in [0.2, 0.25) is 0 Å². The quantitative estimate of drug-likeness (QED) is 0.641. The number of methoxy groups -OCH3 is 1. The lowest BCUT2D eigenvalue weighted by Crippen LogP contribution is -2.00. The molecule has 0 saturated heterocycles. The Morgan fingerprint density at radius 2 is 1.74 bits per heavy atom. The molecule has 3 nitrogen and oxygen atoms in total. The fourth-order valence-corrected chi connectivity index (χ4v) is 2.68. The van der Waals surface area contributed by atoms with Crippen LogP contribution in [0.4, 0.5) is 0 Å². The van der Waals surface area contributed by atoms with Gasteiger partial charge in [0.25, 0.3) is 0 Å². The second-order valence-electron chi connectivity index (χ2n) is 5.25. The predicted molar refractivity (Wildman–Crippen MR) is 91.0 cm³/mol. The molecule has 3 aromatic carbocycles. The molecule has 0 aliphatic carbocycles. The van der Waals surface area contributed by atoms with Crippen LogP contribution in [0.1, 0.15) is 11.1 Å². The summed E-state index contributed by atoms with van der Waals surface area (Å²) in [6.45, 7) is 0.461. The van der Waals surface area contributed by atoms with E-state index in [0.717, 1.165) is 39.7 Å². The van der Waals surface area contributed by atoms with Crippen molar-refractivity contribution in [2.45, 2.75) is 13.0 Å². The van der Waals surface area contributed by atoms with Crippen LogP contribution in [0.15, 0.2) is 60.7 Å². The first-order valence-corrected chi connectivity index (χ1v) is 7.52. The van der Waals surface area contributed by atoms with Gasteiger partial charge in [0, 0.05) is 22.8 Å². The van der Waals surface area contributed by atoms with Gasteiger partial charge in [0.15, 0.2) is 0 Å². The predicted octanol–water partition coefficient (Wildman–Crippen LogP) is 4.17. The van der Waals surface area contributed by atoms with E-state index < -0.39 is 0 Å². The molecule has 116 valence electrons. The Morgan fingerprint density at radius 1 is 0.913 bits per heavy atom. The minimum atomic E-state index is 0.331. The second-order valence-corrected chi connectivity index (χ2v) is 5.25. The van der Waals surface area contributed by atoms with Crippen molar-refractivity contribution in [1.82, 2.24) is 0 Å². The lowest BCUT2D eigenvalue weighted by molar-refractivity contribution is -0.107. The number of hydrogen-bond donors (Lipinski definition) is 0. The van der Waals surface area contributed by atoms with Gasteiger partial charge in [-0.3, -0.25) is 0 Å². The Bertz CT molecular complexity index is 810. The normalized spacial score (nSPS) is 10.5. The van der Waals surface area contributed by atoms with E-state index in [1.165, 1.54) is 0 Å². The zero-order valence-electron chi connectivity index (χ0n) is 13.0. The maximum atomic E-state index is 11.0. The summed E-state index contributed by atoms with van der Waals surface area (Å²) >= 11 is 0. The number of carbonyl (C=O) groups excluding carboxylic acids is 1. The lowest BCUT2D eigenvalue weighted by Gasteiger charge is -2.15.